The Balaban J connectivity index is 2.07. The molecule has 2 aromatic rings. The summed E-state index contributed by atoms with van der Waals surface area (Å²) in [5, 5.41) is 4.38. The van der Waals surface area contributed by atoms with E-state index in [1.807, 2.05) is 6.26 Å². The van der Waals surface area contributed by atoms with E-state index in [1.54, 1.807) is 0 Å². The maximum atomic E-state index is 5.34. The molecule has 1 aromatic carbocycles. The summed E-state index contributed by atoms with van der Waals surface area (Å²) in [5.41, 5.74) is 6.60. The molecule has 3 nitrogen and oxygen atoms in total. The molecule has 0 fully saturated rings. The molecule has 1 aliphatic carbocycles. The Labute approximate surface area is 126 Å². The predicted octanol–water partition coefficient (Wildman–Crippen LogP) is 4.15. The lowest BCUT2D eigenvalue weighted by atomic mass is 9.90. The van der Waals surface area contributed by atoms with E-state index >= 15 is 0 Å². The van der Waals surface area contributed by atoms with Gasteiger partial charge in [0.05, 0.1) is 0 Å². The Morgan fingerprint density at radius 1 is 1.29 bits per heavy atom. The monoisotopic (exact) mass is 284 g/mol. The second-order valence-corrected chi connectivity index (χ2v) is 6.06. The minimum atomic E-state index is 0.356. The number of anilines is 1. The van der Waals surface area contributed by atoms with Gasteiger partial charge in [-0.2, -0.15) is 0 Å². The van der Waals surface area contributed by atoms with Crippen LogP contribution in [0.2, 0.25) is 0 Å². The Hall–Kier alpha value is -1.77. The molecule has 112 valence electrons. The molecule has 0 radical (unpaired) electrons. The molecule has 0 saturated heterocycles. The Morgan fingerprint density at radius 2 is 2.05 bits per heavy atom. The van der Waals surface area contributed by atoms with Crippen molar-refractivity contribution in [2.24, 2.45) is 5.92 Å². The zero-order chi connectivity index (χ0) is 15.0. The van der Waals surface area contributed by atoms with Crippen LogP contribution in [-0.4, -0.2) is 18.2 Å². The second kappa shape index (κ2) is 5.55. The highest BCUT2D eigenvalue weighted by Gasteiger charge is 2.35. The van der Waals surface area contributed by atoms with Crippen LogP contribution < -0.4 is 4.90 Å². The molecule has 0 aliphatic heterocycles. The summed E-state index contributed by atoms with van der Waals surface area (Å²) < 4.78 is 5.34. The summed E-state index contributed by atoms with van der Waals surface area (Å²) in [5.74, 6) is 0.926. The van der Waals surface area contributed by atoms with Gasteiger partial charge in [0.1, 0.15) is 17.6 Å². The first-order valence-corrected chi connectivity index (χ1v) is 7.94. The topological polar surface area (TPSA) is 29.3 Å². The van der Waals surface area contributed by atoms with E-state index in [0.717, 1.165) is 30.9 Å². The molecule has 1 heterocycles. The molecule has 1 aliphatic rings. The average molecular weight is 284 g/mol. The molecule has 2 unspecified atom stereocenters. The fourth-order valence-corrected chi connectivity index (χ4v) is 3.72. The van der Waals surface area contributed by atoms with Gasteiger partial charge in [-0.15, -0.1) is 0 Å². The number of benzene rings is 1. The van der Waals surface area contributed by atoms with Gasteiger partial charge in [0.15, 0.2) is 0 Å². The van der Waals surface area contributed by atoms with E-state index in [2.05, 4.69) is 56.0 Å². The van der Waals surface area contributed by atoms with E-state index in [4.69, 9.17) is 4.52 Å². The van der Waals surface area contributed by atoms with Gasteiger partial charge in [-0.25, -0.2) is 0 Å². The van der Waals surface area contributed by atoms with Gasteiger partial charge in [0, 0.05) is 19.0 Å². The van der Waals surface area contributed by atoms with Crippen molar-refractivity contribution in [1.82, 2.24) is 5.16 Å². The van der Waals surface area contributed by atoms with Crippen molar-refractivity contribution in [2.45, 2.75) is 40.0 Å². The van der Waals surface area contributed by atoms with Crippen molar-refractivity contribution in [3.63, 3.8) is 0 Å². The molecular formula is C18H24N2O. The Kier molecular flexibility index (Phi) is 3.75. The van der Waals surface area contributed by atoms with Crippen LogP contribution in [0, 0.1) is 12.8 Å². The highest BCUT2D eigenvalue weighted by molar-refractivity contribution is 5.55. The van der Waals surface area contributed by atoms with Crippen molar-refractivity contribution in [3.8, 4) is 0 Å². The summed E-state index contributed by atoms with van der Waals surface area (Å²) >= 11 is 0. The van der Waals surface area contributed by atoms with Gasteiger partial charge >= 0.3 is 0 Å². The van der Waals surface area contributed by atoms with Crippen molar-refractivity contribution < 1.29 is 4.52 Å². The summed E-state index contributed by atoms with van der Waals surface area (Å²) in [6, 6.07) is 6.63. The molecule has 0 saturated carbocycles. The predicted molar refractivity (Wildman–Crippen MR) is 86.0 cm³/mol. The van der Waals surface area contributed by atoms with Crippen LogP contribution >= 0.6 is 0 Å². The molecule has 3 rings (SSSR count). The third kappa shape index (κ3) is 2.25. The van der Waals surface area contributed by atoms with Crippen molar-refractivity contribution in [1.29, 1.82) is 0 Å². The van der Waals surface area contributed by atoms with Crippen molar-refractivity contribution >= 4 is 5.69 Å². The lowest BCUT2D eigenvalue weighted by Gasteiger charge is -2.23. The minimum absolute atomic E-state index is 0.356. The van der Waals surface area contributed by atoms with Crippen LogP contribution in [0.25, 0.3) is 0 Å². The number of fused-ring (bicyclic) bond motifs is 1. The van der Waals surface area contributed by atoms with Gasteiger partial charge in [0.2, 0.25) is 0 Å². The third-order valence-corrected chi connectivity index (χ3v) is 4.85. The molecule has 0 spiro atoms. The number of hydrogen-bond acceptors (Lipinski definition) is 3. The largest absolute Gasteiger partial charge is 0.368 e. The number of hydrogen-bond donors (Lipinski definition) is 0. The average Bonchev–Trinajstić information content (AvgIpc) is 3.05. The molecule has 2 atom stereocenters. The summed E-state index contributed by atoms with van der Waals surface area (Å²) in [4.78, 5) is 2.33. The van der Waals surface area contributed by atoms with E-state index in [0.29, 0.717) is 11.8 Å². The van der Waals surface area contributed by atoms with Gasteiger partial charge in [-0.05, 0) is 49.8 Å². The standard InChI is InChI=1S/C18H24N2O/c1-5-20(6-2)16-11-21-19-18(16)17-13(4)10-15-12(3)8-7-9-14(15)17/h7-9,11,13,17H,5-6,10H2,1-4H3. The SMILES string of the molecule is CCN(CC)c1conc1C1c2cccc(C)c2CC1C. The molecular weight excluding hydrogens is 260 g/mol. The molecule has 0 amide bonds. The van der Waals surface area contributed by atoms with Gasteiger partial charge in [0.25, 0.3) is 0 Å². The van der Waals surface area contributed by atoms with Crippen LogP contribution in [0.15, 0.2) is 29.0 Å². The molecule has 1 aromatic heterocycles. The first-order chi connectivity index (χ1) is 10.2. The highest BCUT2D eigenvalue weighted by atomic mass is 16.5. The Bertz CT molecular complexity index is 628. The van der Waals surface area contributed by atoms with Crippen LogP contribution in [0.1, 0.15) is 49.1 Å². The number of rotatable bonds is 4. The summed E-state index contributed by atoms with van der Waals surface area (Å²) in [6.07, 6.45) is 2.94. The molecule has 3 heteroatoms. The highest BCUT2D eigenvalue weighted by Crippen LogP contribution is 2.45. The maximum absolute atomic E-state index is 5.34. The summed E-state index contributed by atoms with van der Waals surface area (Å²) in [6.45, 7) is 10.8. The fraction of sp³-hybridized carbons (Fsp3) is 0.500. The van der Waals surface area contributed by atoms with E-state index < -0.39 is 0 Å². The first-order valence-electron chi connectivity index (χ1n) is 7.94. The van der Waals surface area contributed by atoms with Crippen LogP contribution in [0.4, 0.5) is 5.69 Å². The van der Waals surface area contributed by atoms with E-state index in [-0.39, 0.29) is 0 Å². The molecule has 0 bridgehead atoms. The minimum Gasteiger partial charge on any atom is -0.368 e. The second-order valence-electron chi connectivity index (χ2n) is 6.06. The smallest absolute Gasteiger partial charge is 0.147 e. The maximum Gasteiger partial charge on any atom is 0.147 e. The summed E-state index contributed by atoms with van der Waals surface area (Å²) in [7, 11) is 0. The van der Waals surface area contributed by atoms with E-state index in [9.17, 15) is 0 Å². The lowest BCUT2D eigenvalue weighted by Crippen LogP contribution is -2.23. The van der Waals surface area contributed by atoms with E-state index in [1.165, 1.54) is 16.7 Å². The van der Waals surface area contributed by atoms with Crippen LogP contribution in [0.5, 0.6) is 0 Å². The first kappa shape index (κ1) is 14.2. The quantitative estimate of drug-likeness (QED) is 0.844. The third-order valence-electron chi connectivity index (χ3n) is 4.85. The van der Waals surface area contributed by atoms with Gasteiger partial charge < -0.3 is 9.42 Å². The molecule has 21 heavy (non-hydrogen) atoms. The lowest BCUT2D eigenvalue weighted by molar-refractivity contribution is 0.400. The van der Waals surface area contributed by atoms with Crippen LogP contribution in [-0.2, 0) is 6.42 Å². The van der Waals surface area contributed by atoms with Gasteiger partial charge in [-0.1, -0.05) is 30.3 Å². The Morgan fingerprint density at radius 3 is 2.76 bits per heavy atom. The number of aryl methyl sites for hydroxylation is 1. The fourth-order valence-electron chi connectivity index (χ4n) is 3.72. The normalized spacial score (nSPS) is 20.6. The van der Waals surface area contributed by atoms with Crippen molar-refractivity contribution in [2.75, 3.05) is 18.0 Å². The van der Waals surface area contributed by atoms with Gasteiger partial charge in [-0.3, -0.25) is 0 Å². The zero-order valence-corrected chi connectivity index (χ0v) is 13.4. The number of nitrogens with zero attached hydrogens (tertiary/aromatic N) is 2. The zero-order valence-electron chi connectivity index (χ0n) is 13.4. The number of aromatic nitrogens is 1. The van der Waals surface area contributed by atoms with Crippen molar-refractivity contribution in [3.05, 3.63) is 46.8 Å². The molecule has 0 N–H and O–H groups in total. The van der Waals surface area contributed by atoms with Crippen LogP contribution in [0.3, 0.4) is 0 Å².